The van der Waals surface area contributed by atoms with Crippen molar-refractivity contribution in [2.75, 3.05) is 0 Å². The van der Waals surface area contributed by atoms with Gasteiger partial charge in [0.1, 0.15) is 0 Å². The highest BCUT2D eigenvalue weighted by molar-refractivity contribution is 6.89. The molecule has 29 heavy (non-hydrogen) atoms. The fourth-order valence-corrected chi connectivity index (χ4v) is 21.8. The molecule has 0 radical (unpaired) electrons. The van der Waals surface area contributed by atoms with Crippen molar-refractivity contribution >= 4 is 33.8 Å². The molecule has 0 N–H and O–H groups in total. The zero-order chi connectivity index (χ0) is 19.5. The number of rotatable bonds is 9. The summed E-state index contributed by atoms with van der Waals surface area (Å²) in [5.74, 6) is 0.422. The molecule has 176 valence electrons. The monoisotopic (exact) mass is 478 g/mol. The molecule has 0 fully saturated rings. The van der Waals surface area contributed by atoms with Gasteiger partial charge in [-0.05, 0) is 76.4 Å². The molecule has 1 aromatic rings. The van der Waals surface area contributed by atoms with E-state index in [0.717, 1.165) is 6.04 Å². The van der Waals surface area contributed by atoms with E-state index in [1.807, 2.05) is 0 Å². The van der Waals surface area contributed by atoms with Crippen LogP contribution in [0.4, 0.5) is 0 Å². The van der Waals surface area contributed by atoms with Crippen LogP contribution in [0.25, 0.3) is 0 Å². The molecule has 2 unspecified atom stereocenters. The molecule has 0 aliphatic heterocycles. The summed E-state index contributed by atoms with van der Waals surface area (Å²) < 4.78 is 19.9. The molecule has 7 heteroatoms. The molecule has 0 aliphatic rings. The van der Waals surface area contributed by atoms with Gasteiger partial charge in [-0.25, -0.2) is 0 Å². The summed E-state index contributed by atoms with van der Waals surface area (Å²) in [5.41, 5.74) is 1.36. The first-order valence-electron chi connectivity index (χ1n) is 9.26. The van der Waals surface area contributed by atoms with E-state index in [-0.39, 0.29) is 29.7 Å². The third kappa shape index (κ3) is 15.4. The minimum absolute atomic E-state index is 0. The van der Waals surface area contributed by atoms with Crippen LogP contribution < -0.4 is 0 Å². The Morgan fingerprint density at radius 2 is 1.07 bits per heavy atom. The summed E-state index contributed by atoms with van der Waals surface area (Å²) in [4.78, 5) is 0. The standard InChI is InChI=1S/C18H38O3Si4.4CH4/c1-17(18-14-12-11-13-15-18)16-25(10,20-23(5,6)7)21-24(8,9)19-22(2,3)4;;;;/h11-15,17H,16H2,1-10H3;4*1H4. The summed E-state index contributed by atoms with van der Waals surface area (Å²) in [7, 11) is -7.91. The number of hydrogen-bond acceptors (Lipinski definition) is 3. The minimum Gasteiger partial charge on any atom is -0.437 e. The fourth-order valence-electron chi connectivity index (χ4n) is 3.49. The second-order valence-corrected chi connectivity index (χ2v) is 26.0. The lowest BCUT2D eigenvalue weighted by Gasteiger charge is -2.42. The lowest BCUT2D eigenvalue weighted by atomic mass is 10.0. The van der Waals surface area contributed by atoms with Crippen LogP contribution in [0.2, 0.25) is 65.0 Å². The molecule has 0 spiro atoms. The van der Waals surface area contributed by atoms with Crippen LogP contribution in [0.1, 0.15) is 48.1 Å². The Balaban J connectivity index is -0.000000781. The molecule has 0 saturated heterocycles. The Labute approximate surface area is 189 Å². The van der Waals surface area contributed by atoms with Gasteiger partial charge < -0.3 is 12.3 Å². The predicted octanol–water partition coefficient (Wildman–Crippen LogP) is 8.83. The lowest BCUT2D eigenvalue weighted by molar-refractivity contribution is 0.321. The normalized spacial score (nSPS) is 14.8. The second-order valence-electron chi connectivity index (χ2n) is 9.58. The van der Waals surface area contributed by atoms with E-state index in [4.69, 9.17) is 12.3 Å². The van der Waals surface area contributed by atoms with Crippen molar-refractivity contribution in [3.63, 3.8) is 0 Å². The first-order valence-corrected chi connectivity index (χ1v) is 21.4. The van der Waals surface area contributed by atoms with E-state index in [0.29, 0.717) is 5.92 Å². The van der Waals surface area contributed by atoms with Gasteiger partial charge in [0.05, 0.1) is 0 Å². The Kier molecular flexibility index (Phi) is 16.8. The molecule has 0 bridgehead atoms. The maximum Gasteiger partial charge on any atom is 0.316 e. The fraction of sp³-hybridized carbons (Fsp3) is 0.727. The molecule has 1 rings (SSSR count). The molecule has 2 atom stereocenters. The summed E-state index contributed by atoms with van der Waals surface area (Å²) in [6, 6.07) is 11.7. The smallest absolute Gasteiger partial charge is 0.316 e. The Bertz CT molecular complexity index is 539. The SMILES string of the molecule is C.C.C.C.CC(C[Si](C)(O[Si](C)(C)C)O[Si](C)(C)O[Si](C)(C)C)c1ccccc1. The van der Waals surface area contributed by atoms with Gasteiger partial charge in [0.2, 0.25) is 0 Å². The van der Waals surface area contributed by atoms with E-state index >= 15 is 0 Å². The number of benzene rings is 1. The largest absolute Gasteiger partial charge is 0.437 e. The van der Waals surface area contributed by atoms with E-state index < -0.39 is 33.8 Å². The molecule has 0 saturated carbocycles. The van der Waals surface area contributed by atoms with Crippen molar-refractivity contribution < 1.29 is 12.3 Å². The van der Waals surface area contributed by atoms with Crippen molar-refractivity contribution in [1.29, 1.82) is 0 Å². The zero-order valence-corrected chi connectivity index (χ0v) is 21.9. The maximum absolute atomic E-state index is 6.77. The molecule has 1 aromatic carbocycles. The van der Waals surface area contributed by atoms with Crippen LogP contribution in [0, 0.1) is 0 Å². The van der Waals surface area contributed by atoms with Crippen LogP contribution in [-0.2, 0) is 12.3 Å². The Morgan fingerprint density at radius 3 is 1.45 bits per heavy atom. The molecular weight excluding hydrogens is 425 g/mol. The lowest BCUT2D eigenvalue weighted by Crippen LogP contribution is -2.57. The van der Waals surface area contributed by atoms with Crippen LogP contribution in [0.3, 0.4) is 0 Å². The van der Waals surface area contributed by atoms with Crippen LogP contribution in [0.15, 0.2) is 30.3 Å². The van der Waals surface area contributed by atoms with Crippen molar-refractivity contribution in [3.05, 3.63) is 35.9 Å². The van der Waals surface area contributed by atoms with Crippen LogP contribution >= 0.6 is 0 Å². The van der Waals surface area contributed by atoms with Gasteiger partial charge in [-0.15, -0.1) is 0 Å². The van der Waals surface area contributed by atoms with E-state index in [1.54, 1.807) is 0 Å². The first-order chi connectivity index (χ1) is 11.1. The minimum atomic E-state index is -2.35. The van der Waals surface area contributed by atoms with E-state index in [2.05, 4.69) is 96.2 Å². The average molecular weight is 479 g/mol. The highest BCUT2D eigenvalue weighted by Crippen LogP contribution is 2.32. The van der Waals surface area contributed by atoms with E-state index in [9.17, 15) is 0 Å². The van der Waals surface area contributed by atoms with Gasteiger partial charge >= 0.3 is 17.1 Å². The van der Waals surface area contributed by atoms with Crippen LogP contribution in [0.5, 0.6) is 0 Å². The van der Waals surface area contributed by atoms with Crippen molar-refractivity contribution in [2.45, 2.75) is 108 Å². The molecule has 0 amide bonds. The third-order valence-electron chi connectivity index (χ3n) is 3.58. The van der Waals surface area contributed by atoms with Crippen molar-refractivity contribution in [2.24, 2.45) is 0 Å². The zero-order valence-electron chi connectivity index (χ0n) is 17.9. The van der Waals surface area contributed by atoms with Gasteiger partial charge in [-0.2, -0.15) is 0 Å². The van der Waals surface area contributed by atoms with Crippen molar-refractivity contribution in [3.8, 4) is 0 Å². The molecule has 0 aromatic heterocycles. The first kappa shape index (κ1) is 36.3. The predicted molar refractivity (Wildman–Crippen MR) is 146 cm³/mol. The van der Waals surface area contributed by atoms with Gasteiger partial charge in [0.25, 0.3) is 0 Å². The molecule has 0 aliphatic carbocycles. The second kappa shape index (κ2) is 13.4. The average Bonchev–Trinajstić information content (AvgIpc) is 2.32. The van der Waals surface area contributed by atoms with Gasteiger partial charge in [0, 0.05) is 0 Å². The van der Waals surface area contributed by atoms with Crippen LogP contribution in [-0.4, -0.2) is 33.8 Å². The maximum atomic E-state index is 6.77. The number of hydrogen-bond donors (Lipinski definition) is 0. The highest BCUT2D eigenvalue weighted by Gasteiger charge is 2.45. The summed E-state index contributed by atoms with van der Waals surface area (Å²) >= 11 is 0. The Hall–Kier alpha value is -0.0325. The topological polar surface area (TPSA) is 27.7 Å². The summed E-state index contributed by atoms with van der Waals surface area (Å²) in [6.07, 6.45) is 0. The van der Waals surface area contributed by atoms with Gasteiger partial charge in [0.15, 0.2) is 16.6 Å². The quantitative estimate of drug-likeness (QED) is 0.332. The Morgan fingerprint density at radius 1 is 0.655 bits per heavy atom. The van der Waals surface area contributed by atoms with Gasteiger partial charge in [-0.3, -0.25) is 0 Å². The molecule has 3 nitrogen and oxygen atoms in total. The highest BCUT2D eigenvalue weighted by atomic mass is 28.5. The van der Waals surface area contributed by atoms with Gasteiger partial charge in [-0.1, -0.05) is 67.0 Å². The molecular formula is C22H54O3Si4. The van der Waals surface area contributed by atoms with E-state index in [1.165, 1.54) is 5.56 Å². The third-order valence-corrected chi connectivity index (χ3v) is 17.2. The summed E-state index contributed by atoms with van der Waals surface area (Å²) in [6.45, 7) is 22.3. The molecule has 0 heterocycles. The van der Waals surface area contributed by atoms with Crippen molar-refractivity contribution in [1.82, 2.24) is 0 Å². The summed E-state index contributed by atoms with van der Waals surface area (Å²) in [5, 5.41) is 0.